The highest BCUT2D eigenvalue weighted by Gasteiger charge is 2.11. The predicted octanol–water partition coefficient (Wildman–Crippen LogP) is 2.38. The summed E-state index contributed by atoms with van der Waals surface area (Å²) in [5, 5.41) is 10.5. The standard InChI is InChI=1S/C11H12ClN3O/c1-7(5-12)11(16)14-9-2-3-10-8(4-9)6-13-15-10/h2-4,6-7H,5H2,1H3,(H,13,15)(H,14,16). The molecule has 0 saturated heterocycles. The van der Waals surface area contributed by atoms with Crippen molar-refractivity contribution in [2.24, 2.45) is 5.92 Å². The number of alkyl halides is 1. The summed E-state index contributed by atoms with van der Waals surface area (Å²) in [6.07, 6.45) is 1.72. The Morgan fingerprint density at radius 3 is 3.19 bits per heavy atom. The van der Waals surface area contributed by atoms with E-state index in [1.807, 2.05) is 18.2 Å². The van der Waals surface area contributed by atoms with Crippen LogP contribution < -0.4 is 5.32 Å². The van der Waals surface area contributed by atoms with Crippen molar-refractivity contribution < 1.29 is 4.79 Å². The van der Waals surface area contributed by atoms with Crippen LogP contribution in [0.5, 0.6) is 0 Å². The first-order chi connectivity index (χ1) is 7.70. The number of anilines is 1. The minimum atomic E-state index is -0.193. The Labute approximate surface area is 98.0 Å². The summed E-state index contributed by atoms with van der Waals surface area (Å²) in [5.74, 6) is 0.0549. The van der Waals surface area contributed by atoms with Gasteiger partial charge in [0.2, 0.25) is 5.91 Å². The highest BCUT2D eigenvalue weighted by Crippen LogP contribution is 2.17. The molecule has 2 aromatic rings. The van der Waals surface area contributed by atoms with Crippen molar-refractivity contribution in [1.29, 1.82) is 0 Å². The number of fused-ring (bicyclic) bond motifs is 1. The number of rotatable bonds is 3. The molecule has 0 radical (unpaired) electrons. The molecule has 0 aliphatic rings. The van der Waals surface area contributed by atoms with Crippen LogP contribution in [-0.2, 0) is 4.79 Å². The molecule has 1 heterocycles. The molecule has 0 aliphatic heterocycles. The third kappa shape index (κ3) is 2.17. The monoisotopic (exact) mass is 237 g/mol. The van der Waals surface area contributed by atoms with Crippen molar-refractivity contribution >= 4 is 34.1 Å². The quantitative estimate of drug-likeness (QED) is 0.806. The number of benzene rings is 1. The van der Waals surface area contributed by atoms with Crippen molar-refractivity contribution in [3.8, 4) is 0 Å². The van der Waals surface area contributed by atoms with Crippen molar-refractivity contribution in [2.45, 2.75) is 6.92 Å². The molecule has 2 N–H and O–H groups in total. The van der Waals surface area contributed by atoms with Crippen LogP contribution in [0.15, 0.2) is 24.4 Å². The third-order valence-corrected chi connectivity index (χ3v) is 2.85. The van der Waals surface area contributed by atoms with E-state index in [0.29, 0.717) is 5.88 Å². The van der Waals surface area contributed by atoms with Gasteiger partial charge < -0.3 is 5.32 Å². The van der Waals surface area contributed by atoms with Gasteiger partial charge in [0.1, 0.15) is 0 Å². The smallest absolute Gasteiger partial charge is 0.228 e. The molecule has 0 spiro atoms. The number of nitrogens with one attached hydrogen (secondary N) is 2. The zero-order chi connectivity index (χ0) is 11.5. The van der Waals surface area contributed by atoms with Gasteiger partial charge in [-0.15, -0.1) is 11.6 Å². The molecule has 0 bridgehead atoms. The molecule has 84 valence electrons. The number of H-pyrrole nitrogens is 1. The molecule has 4 nitrogen and oxygen atoms in total. The van der Waals surface area contributed by atoms with Crippen LogP contribution in [0.1, 0.15) is 6.92 Å². The normalized spacial score (nSPS) is 12.6. The maximum Gasteiger partial charge on any atom is 0.228 e. The summed E-state index contributed by atoms with van der Waals surface area (Å²) in [4.78, 5) is 11.6. The summed E-state index contributed by atoms with van der Waals surface area (Å²) in [7, 11) is 0. The molecule has 0 saturated carbocycles. The van der Waals surface area contributed by atoms with Gasteiger partial charge in [-0.3, -0.25) is 9.89 Å². The third-order valence-electron chi connectivity index (χ3n) is 2.39. The van der Waals surface area contributed by atoms with E-state index in [1.165, 1.54) is 0 Å². The van der Waals surface area contributed by atoms with Gasteiger partial charge in [0, 0.05) is 22.9 Å². The molecule has 1 atom stereocenters. The number of aromatic amines is 1. The molecule has 1 aromatic heterocycles. The summed E-state index contributed by atoms with van der Waals surface area (Å²) >= 11 is 5.61. The van der Waals surface area contributed by atoms with Crippen LogP contribution in [-0.4, -0.2) is 22.0 Å². The van der Waals surface area contributed by atoms with Gasteiger partial charge >= 0.3 is 0 Å². The van der Waals surface area contributed by atoms with Crippen molar-refractivity contribution in [1.82, 2.24) is 10.2 Å². The first kappa shape index (κ1) is 11.0. The number of carbonyl (C=O) groups excluding carboxylic acids is 1. The molecule has 0 fully saturated rings. The molecule has 5 heteroatoms. The second-order valence-corrected chi connectivity index (χ2v) is 4.03. The van der Waals surface area contributed by atoms with Gasteiger partial charge in [0.05, 0.1) is 11.7 Å². The highest BCUT2D eigenvalue weighted by molar-refractivity contribution is 6.19. The van der Waals surface area contributed by atoms with Crippen molar-refractivity contribution in [3.63, 3.8) is 0 Å². The van der Waals surface area contributed by atoms with Gasteiger partial charge in [0.15, 0.2) is 0 Å². The molecule has 0 aliphatic carbocycles. The zero-order valence-corrected chi connectivity index (χ0v) is 9.58. The highest BCUT2D eigenvalue weighted by atomic mass is 35.5. The van der Waals surface area contributed by atoms with E-state index in [1.54, 1.807) is 13.1 Å². The number of amides is 1. The summed E-state index contributed by atoms with van der Waals surface area (Å²) in [5.41, 5.74) is 1.71. The molecule has 1 unspecified atom stereocenters. The average Bonchev–Trinajstić information content (AvgIpc) is 2.75. The number of carbonyl (C=O) groups is 1. The van der Waals surface area contributed by atoms with Crippen molar-refractivity contribution in [2.75, 3.05) is 11.2 Å². The molecule has 1 aromatic carbocycles. The largest absolute Gasteiger partial charge is 0.326 e. The lowest BCUT2D eigenvalue weighted by Gasteiger charge is -2.08. The van der Waals surface area contributed by atoms with Gasteiger partial charge in [-0.05, 0) is 18.2 Å². The number of halogens is 1. The first-order valence-corrected chi connectivity index (χ1v) is 5.54. The number of nitrogens with zero attached hydrogens (tertiary/aromatic N) is 1. The Hall–Kier alpha value is -1.55. The fourth-order valence-corrected chi connectivity index (χ4v) is 1.50. The Morgan fingerprint density at radius 2 is 2.44 bits per heavy atom. The van der Waals surface area contributed by atoms with E-state index >= 15 is 0 Å². The fourth-order valence-electron chi connectivity index (χ4n) is 1.36. The number of aromatic nitrogens is 2. The number of hydrogen-bond donors (Lipinski definition) is 2. The van der Waals surface area contributed by atoms with Gasteiger partial charge in [-0.1, -0.05) is 6.92 Å². The Morgan fingerprint density at radius 1 is 1.62 bits per heavy atom. The second kappa shape index (κ2) is 4.53. The lowest BCUT2D eigenvalue weighted by atomic mass is 10.2. The molecular weight excluding hydrogens is 226 g/mol. The minimum absolute atomic E-state index is 0.0714. The van der Waals surface area contributed by atoms with E-state index in [-0.39, 0.29) is 11.8 Å². The lowest BCUT2D eigenvalue weighted by Crippen LogP contribution is -2.21. The van der Waals surface area contributed by atoms with Crippen LogP contribution in [0, 0.1) is 5.92 Å². The molecule has 2 rings (SSSR count). The SMILES string of the molecule is CC(CCl)C(=O)Nc1ccc2[nH]ncc2c1. The van der Waals surface area contributed by atoms with Crippen molar-refractivity contribution in [3.05, 3.63) is 24.4 Å². The maximum absolute atomic E-state index is 11.6. The molecular formula is C11H12ClN3O. The van der Waals surface area contributed by atoms with Crippen LogP contribution in [0.4, 0.5) is 5.69 Å². The Kier molecular flexibility index (Phi) is 3.10. The molecule has 16 heavy (non-hydrogen) atoms. The second-order valence-electron chi connectivity index (χ2n) is 3.72. The van der Waals surface area contributed by atoms with E-state index in [4.69, 9.17) is 11.6 Å². The minimum Gasteiger partial charge on any atom is -0.326 e. The molecule has 1 amide bonds. The van der Waals surface area contributed by atoms with Crippen LogP contribution in [0.2, 0.25) is 0 Å². The van der Waals surface area contributed by atoms with Gasteiger partial charge in [-0.25, -0.2) is 0 Å². The lowest BCUT2D eigenvalue weighted by molar-refractivity contribution is -0.118. The summed E-state index contributed by atoms with van der Waals surface area (Å²) in [6, 6.07) is 5.58. The van der Waals surface area contributed by atoms with E-state index in [2.05, 4.69) is 15.5 Å². The fraction of sp³-hybridized carbons (Fsp3) is 0.273. The number of hydrogen-bond acceptors (Lipinski definition) is 2. The maximum atomic E-state index is 11.6. The van der Waals surface area contributed by atoms with Gasteiger partial charge in [0.25, 0.3) is 0 Å². The first-order valence-electron chi connectivity index (χ1n) is 5.00. The summed E-state index contributed by atoms with van der Waals surface area (Å²) in [6.45, 7) is 1.79. The van der Waals surface area contributed by atoms with Crippen LogP contribution in [0.25, 0.3) is 10.9 Å². The van der Waals surface area contributed by atoms with E-state index in [0.717, 1.165) is 16.6 Å². The average molecular weight is 238 g/mol. The topological polar surface area (TPSA) is 57.8 Å². The Balaban J connectivity index is 2.17. The summed E-state index contributed by atoms with van der Waals surface area (Å²) < 4.78 is 0. The van der Waals surface area contributed by atoms with Crippen LogP contribution >= 0.6 is 11.6 Å². The van der Waals surface area contributed by atoms with E-state index < -0.39 is 0 Å². The van der Waals surface area contributed by atoms with Gasteiger partial charge in [-0.2, -0.15) is 5.10 Å². The van der Waals surface area contributed by atoms with Crippen LogP contribution in [0.3, 0.4) is 0 Å². The predicted molar refractivity (Wildman–Crippen MR) is 64.6 cm³/mol. The zero-order valence-electron chi connectivity index (χ0n) is 8.83. The Bertz CT molecular complexity index is 509. The van der Waals surface area contributed by atoms with E-state index in [9.17, 15) is 4.79 Å².